The molecule has 1 fully saturated rings. The van der Waals surface area contributed by atoms with Crippen LogP contribution < -0.4 is 4.74 Å². The van der Waals surface area contributed by atoms with Crippen molar-refractivity contribution in [2.24, 2.45) is 0 Å². The molecule has 1 aliphatic rings. The molecule has 1 saturated heterocycles. The lowest BCUT2D eigenvalue weighted by Gasteiger charge is -2.14. The number of nitrogens with zero attached hydrogens (tertiary/aromatic N) is 1. The Hall–Kier alpha value is -1.48. The molecule has 2 aromatic rings. The molecule has 3 nitrogen and oxygen atoms in total. The molecule has 0 aliphatic carbocycles. The molecule has 0 saturated carbocycles. The number of hydrogen-bond donors (Lipinski definition) is 1. The van der Waals surface area contributed by atoms with Crippen LogP contribution in [0.4, 0.5) is 0 Å². The highest BCUT2D eigenvalue weighted by molar-refractivity contribution is 5.80. The Morgan fingerprint density at radius 2 is 2.06 bits per heavy atom. The van der Waals surface area contributed by atoms with Crippen LogP contribution >= 0.6 is 0 Å². The minimum Gasteiger partial charge on any atom is -0.492 e. The van der Waals surface area contributed by atoms with Crippen molar-refractivity contribution in [3.63, 3.8) is 0 Å². The summed E-state index contributed by atoms with van der Waals surface area (Å²) in [5.74, 6) is 0.969. The van der Waals surface area contributed by atoms with Gasteiger partial charge in [-0.1, -0.05) is 0 Å². The lowest BCUT2D eigenvalue weighted by molar-refractivity contribution is 0.238. The molecule has 1 aromatic heterocycles. The fraction of sp³-hybridized carbons (Fsp3) is 0.429. The Balaban J connectivity index is 1.56. The fourth-order valence-corrected chi connectivity index (χ4v) is 2.42. The third-order valence-electron chi connectivity index (χ3n) is 3.40. The number of benzene rings is 1. The first kappa shape index (κ1) is 10.7. The Morgan fingerprint density at radius 3 is 2.94 bits per heavy atom. The Labute approximate surface area is 101 Å². The van der Waals surface area contributed by atoms with Crippen molar-refractivity contribution in [1.82, 2.24) is 9.88 Å². The first-order chi connectivity index (χ1) is 8.42. The van der Waals surface area contributed by atoms with Gasteiger partial charge in [0.25, 0.3) is 0 Å². The molecule has 2 heterocycles. The van der Waals surface area contributed by atoms with Crippen molar-refractivity contribution < 1.29 is 4.74 Å². The molecule has 0 radical (unpaired) electrons. The molecule has 1 aliphatic heterocycles. The summed E-state index contributed by atoms with van der Waals surface area (Å²) in [7, 11) is 0. The minimum atomic E-state index is 0.788. The lowest BCUT2D eigenvalue weighted by Crippen LogP contribution is -2.25. The molecular weight excluding hydrogens is 212 g/mol. The molecule has 3 heteroatoms. The van der Waals surface area contributed by atoms with E-state index in [0.717, 1.165) is 24.4 Å². The molecule has 0 atom stereocenters. The van der Waals surface area contributed by atoms with Gasteiger partial charge in [-0.15, -0.1) is 0 Å². The van der Waals surface area contributed by atoms with Gasteiger partial charge in [0.05, 0.1) is 0 Å². The summed E-state index contributed by atoms with van der Waals surface area (Å²) in [4.78, 5) is 5.65. The molecule has 0 amide bonds. The standard InChI is InChI=1S/C14H18N2O/c1-2-8-16(7-1)9-10-17-13-3-4-14-12(11-13)5-6-15-14/h3-6,11,15H,1-2,7-10H2. The van der Waals surface area contributed by atoms with Gasteiger partial charge in [0.15, 0.2) is 0 Å². The predicted molar refractivity (Wildman–Crippen MR) is 69.5 cm³/mol. The smallest absolute Gasteiger partial charge is 0.120 e. The van der Waals surface area contributed by atoms with E-state index < -0.39 is 0 Å². The maximum absolute atomic E-state index is 5.79. The van der Waals surface area contributed by atoms with Gasteiger partial charge in [-0.05, 0) is 50.2 Å². The zero-order valence-corrected chi connectivity index (χ0v) is 9.98. The van der Waals surface area contributed by atoms with Crippen LogP contribution in [-0.4, -0.2) is 36.1 Å². The average Bonchev–Trinajstić information content (AvgIpc) is 2.98. The summed E-state index contributed by atoms with van der Waals surface area (Å²) in [5, 5.41) is 1.21. The van der Waals surface area contributed by atoms with Crippen molar-refractivity contribution in [2.45, 2.75) is 12.8 Å². The van der Waals surface area contributed by atoms with Crippen molar-refractivity contribution in [1.29, 1.82) is 0 Å². The first-order valence-electron chi connectivity index (χ1n) is 6.34. The molecule has 0 bridgehead atoms. The Morgan fingerprint density at radius 1 is 1.18 bits per heavy atom. The van der Waals surface area contributed by atoms with E-state index in [9.17, 15) is 0 Å². The molecule has 17 heavy (non-hydrogen) atoms. The van der Waals surface area contributed by atoms with Crippen molar-refractivity contribution in [2.75, 3.05) is 26.2 Å². The van der Waals surface area contributed by atoms with Gasteiger partial charge in [-0.3, -0.25) is 4.90 Å². The van der Waals surface area contributed by atoms with Crippen LogP contribution in [0.2, 0.25) is 0 Å². The number of rotatable bonds is 4. The van der Waals surface area contributed by atoms with Gasteiger partial charge in [-0.25, -0.2) is 0 Å². The number of hydrogen-bond acceptors (Lipinski definition) is 2. The topological polar surface area (TPSA) is 28.3 Å². The van der Waals surface area contributed by atoms with Gasteiger partial charge in [0.2, 0.25) is 0 Å². The number of H-pyrrole nitrogens is 1. The van der Waals surface area contributed by atoms with Crippen LogP contribution in [0.15, 0.2) is 30.5 Å². The quantitative estimate of drug-likeness (QED) is 0.874. The molecule has 0 spiro atoms. The second-order valence-corrected chi connectivity index (χ2v) is 4.62. The summed E-state index contributed by atoms with van der Waals surface area (Å²) >= 11 is 0. The number of likely N-dealkylation sites (tertiary alicyclic amines) is 1. The van der Waals surface area contributed by atoms with Crippen LogP contribution in [-0.2, 0) is 0 Å². The van der Waals surface area contributed by atoms with Crippen molar-refractivity contribution in [3.05, 3.63) is 30.5 Å². The highest BCUT2D eigenvalue weighted by Gasteiger charge is 2.10. The van der Waals surface area contributed by atoms with E-state index in [1.54, 1.807) is 0 Å². The average molecular weight is 230 g/mol. The van der Waals surface area contributed by atoms with E-state index in [2.05, 4.69) is 28.1 Å². The van der Waals surface area contributed by atoms with Gasteiger partial charge < -0.3 is 9.72 Å². The number of fused-ring (bicyclic) bond motifs is 1. The highest BCUT2D eigenvalue weighted by atomic mass is 16.5. The van der Waals surface area contributed by atoms with Crippen LogP contribution in [0.3, 0.4) is 0 Å². The maximum atomic E-state index is 5.79. The minimum absolute atomic E-state index is 0.788. The number of aromatic amines is 1. The summed E-state index contributed by atoms with van der Waals surface area (Å²) in [6.07, 6.45) is 4.64. The molecule has 3 rings (SSSR count). The van der Waals surface area contributed by atoms with Gasteiger partial charge in [0.1, 0.15) is 12.4 Å². The largest absolute Gasteiger partial charge is 0.492 e. The summed E-state index contributed by atoms with van der Waals surface area (Å²) in [6, 6.07) is 8.27. The Kier molecular flexibility index (Phi) is 3.01. The zero-order chi connectivity index (χ0) is 11.5. The van der Waals surface area contributed by atoms with Gasteiger partial charge in [-0.2, -0.15) is 0 Å². The maximum Gasteiger partial charge on any atom is 0.120 e. The van der Waals surface area contributed by atoms with Crippen molar-refractivity contribution in [3.8, 4) is 5.75 Å². The van der Waals surface area contributed by atoms with Crippen LogP contribution in [0.25, 0.3) is 10.9 Å². The number of nitrogens with one attached hydrogen (secondary N) is 1. The molecule has 1 N–H and O–H groups in total. The van der Waals surface area contributed by atoms with E-state index in [1.165, 1.54) is 31.3 Å². The fourth-order valence-electron chi connectivity index (χ4n) is 2.42. The van der Waals surface area contributed by atoms with E-state index in [1.807, 2.05) is 12.3 Å². The van der Waals surface area contributed by atoms with Crippen LogP contribution in [0.1, 0.15) is 12.8 Å². The van der Waals surface area contributed by atoms with Gasteiger partial charge >= 0.3 is 0 Å². The van der Waals surface area contributed by atoms with E-state index in [4.69, 9.17) is 4.74 Å². The van der Waals surface area contributed by atoms with Crippen LogP contribution in [0, 0.1) is 0 Å². The van der Waals surface area contributed by atoms with Crippen LogP contribution in [0.5, 0.6) is 5.75 Å². The summed E-state index contributed by atoms with van der Waals surface area (Å²) in [5.41, 5.74) is 1.16. The van der Waals surface area contributed by atoms with Gasteiger partial charge in [0, 0.05) is 23.6 Å². The van der Waals surface area contributed by atoms with E-state index >= 15 is 0 Å². The summed E-state index contributed by atoms with van der Waals surface area (Å²) < 4.78 is 5.79. The molecular formula is C14H18N2O. The normalized spacial score (nSPS) is 16.7. The molecule has 1 aromatic carbocycles. The third kappa shape index (κ3) is 2.44. The summed E-state index contributed by atoms with van der Waals surface area (Å²) in [6.45, 7) is 4.31. The zero-order valence-electron chi connectivity index (χ0n) is 9.98. The molecule has 90 valence electrons. The van der Waals surface area contributed by atoms with E-state index in [0.29, 0.717) is 0 Å². The molecule has 0 unspecified atom stereocenters. The predicted octanol–water partition coefficient (Wildman–Crippen LogP) is 2.64. The highest BCUT2D eigenvalue weighted by Crippen LogP contribution is 2.19. The number of aromatic nitrogens is 1. The Bertz CT molecular complexity index is 486. The monoisotopic (exact) mass is 230 g/mol. The number of ether oxygens (including phenoxy) is 1. The third-order valence-corrected chi connectivity index (χ3v) is 3.40. The second-order valence-electron chi connectivity index (χ2n) is 4.62. The van der Waals surface area contributed by atoms with E-state index in [-0.39, 0.29) is 0 Å². The first-order valence-corrected chi connectivity index (χ1v) is 6.34. The lowest BCUT2D eigenvalue weighted by atomic mass is 10.2. The second kappa shape index (κ2) is 4.80. The SMILES string of the molecule is c1cc2cc(OCCN3CCCC3)ccc2[nH]1. The van der Waals surface area contributed by atoms with Crippen molar-refractivity contribution >= 4 is 10.9 Å².